The van der Waals surface area contributed by atoms with Crippen LogP contribution in [0.15, 0.2) is 23.1 Å². The zero-order valence-corrected chi connectivity index (χ0v) is 9.09. The van der Waals surface area contributed by atoms with Crippen LogP contribution in [0.4, 0.5) is 0 Å². The third kappa shape index (κ3) is 1.46. The van der Waals surface area contributed by atoms with E-state index in [1.165, 1.54) is 11.3 Å². The van der Waals surface area contributed by atoms with Crippen LogP contribution in [0.3, 0.4) is 0 Å². The Morgan fingerprint density at radius 3 is 2.92 bits per heavy atom. The molecule has 68 valence electrons. The molecule has 1 heterocycles. The summed E-state index contributed by atoms with van der Waals surface area (Å²) >= 11 is 11.7. The van der Waals surface area contributed by atoms with Crippen molar-refractivity contribution in [2.24, 2.45) is 0 Å². The predicted molar refractivity (Wildman–Crippen MR) is 60.0 cm³/mol. The molecule has 0 aliphatic rings. The summed E-state index contributed by atoms with van der Waals surface area (Å²) in [6.45, 7) is 0.0431. The molecule has 0 bridgehead atoms. The van der Waals surface area contributed by atoms with Gasteiger partial charge in [0.05, 0.1) is 6.61 Å². The van der Waals surface area contributed by atoms with E-state index in [0.717, 1.165) is 20.5 Å². The number of thiol groups is 1. The molecular weight excluding hydrogens is 224 g/mol. The first-order valence-electron chi connectivity index (χ1n) is 3.73. The van der Waals surface area contributed by atoms with Gasteiger partial charge in [-0.3, -0.25) is 0 Å². The smallest absolute Gasteiger partial charge is 0.107 e. The van der Waals surface area contributed by atoms with Crippen molar-refractivity contribution in [1.29, 1.82) is 0 Å². The number of rotatable bonds is 1. The van der Waals surface area contributed by atoms with Crippen molar-refractivity contribution < 1.29 is 5.11 Å². The Morgan fingerprint density at radius 1 is 1.46 bits per heavy atom. The highest BCUT2D eigenvalue weighted by atomic mass is 35.5. The van der Waals surface area contributed by atoms with Crippen LogP contribution in [0.1, 0.15) is 5.56 Å². The monoisotopic (exact) mass is 230 g/mol. The van der Waals surface area contributed by atoms with Gasteiger partial charge in [-0.2, -0.15) is 0 Å². The van der Waals surface area contributed by atoms with Gasteiger partial charge in [0.15, 0.2) is 0 Å². The molecule has 0 radical (unpaired) electrons. The van der Waals surface area contributed by atoms with Gasteiger partial charge in [0.1, 0.15) is 4.34 Å². The average molecular weight is 231 g/mol. The lowest BCUT2D eigenvalue weighted by Gasteiger charge is -1.96. The quantitative estimate of drug-likeness (QED) is 0.720. The van der Waals surface area contributed by atoms with Gasteiger partial charge in [0.25, 0.3) is 0 Å². The van der Waals surface area contributed by atoms with Gasteiger partial charge in [-0.25, -0.2) is 0 Å². The molecule has 1 aromatic heterocycles. The van der Waals surface area contributed by atoms with E-state index in [4.69, 9.17) is 16.7 Å². The molecule has 0 saturated heterocycles. The van der Waals surface area contributed by atoms with Gasteiger partial charge in [0, 0.05) is 15.0 Å². The predicted octanol–water partition coefficient (Wildman–Crippen LogP) is 3.34. The minimum Gasteiger partial charge on any atom is -0.392 e. The van der Waals surface area contributed by atoms with E-state index in [1.54, 1.807) is 0 Å². The molecule has 0 unspecified atom stereocenters. The summed E-state index contributed by atoms with van der Waals surface area (Å²) in [5, 5.41) is 10.1. The van der Waals surface area contributed by atoms with Gasteiger partial charge >= 0.3 is 0 Å². The first kappa shape index (κ1) is 9.34. The largest absolute Gasteiger partial charge is 0.392 e. The molecule has 2 rings (SSSR count). The number of thiophene rings is 1. The standard InChI is InChI=1S/C9H7ClOS2/c10-9-7(12)6-3-1-2-5(4-11)8(6)13-9/h1-3,11-12H,4H2. The van der Waals surface area contributed by atoms with Gasteiger partial charge < -0.3 is 5.11 Å². The molecule has 0 amide bonds. The van der Waals surface area contributed by atoms with Crippen LogP contribution in [-0.4, -0.2) is 5.11 Å². The Balaban J connectivity index is 2.84. The molecule has 4 heteroatoms. The summed E-state index contributed by atoms with van der Waals surface area (Å²) in [5.41, 5.74) is 0.907. The number of halogens is 1. The number of aliphatic hydroxyl groups is 1. The lowest BCUT2D eigenvalue weighted by Crippen LogP contribution is -1.80. The number of benzene rings is 1. The van der Waals surface area contributed by atoms with Gasteiger partial charge in [-0.15, -0.1) is 24.0 Å². The highest BCUT2D eigenvalue weighted by molar-refractivity contribution is 7.81. The molecule has 1 N–H and O–H groups in total. The maximum Gasteiger partial charge on any atom is 0.107 e. The Morgan fingerprint density at radius 2 is 2.23 bits per heavy atom. The van der Waals surface area contributed by atoms with Crippen molar-refractivity contribution in [1.82, 2.24) is 0 Å². The molecule has 2 aromatic rings. The summed E-state index contributed by atoms with van der Waals surface area (Å²) in [6, 6.07) is 5.75. The number of aliphatic hydroxyl groups excluding tert-OH is 1. The zero-order chi connectivity index (χ0) is 9.42. The van der Waals surface area contributed by atoms with Crippen molar-refractivity contribution in [3.63, 3.8) is 0 Å². The van der Waals surface area contributed by atoms with E-state index in [1.807, 2.05) is 18.2 Å². The molecule has 0 saturated carbocycles. The lowest BCUT2D eigenvalue weighted by atomic mass is 10.2. The fourth-order valence-corrected chi connectivity index (χ4v) is 2.92. The topological polar surface area (TPSA) is 20.2 Å². The highest BCUT2D eigenvalue weighted by Crippen LogP contribution is 2.39. The number of hydrogen-bond acceptors (Lipinski definition) is 3. The van der Waals surface area contributed by atoms with Crippen molar-refractivity contribution >= 4 is 45.7 Å². The molecule has 1 aromatic carbocycles. The Kier molecular flexibility index (Phi) is 2.51. The Labute approximate surface area is 90.4 Å². The molecule has 0 spiro atoms. The third-order valence-electron chi connectivity index (χ3n) is 1.90. The maximum absolute atomic E-state index is 9.07. The van der Waals surface area contributed by atoms with E-state index >= 15 is 0 Å². The molecule has 0 atom stereocenters. The number of fused-ring (bicyclic) bond motifs is 1. The second kappa shape index (κ2) is 3.50. The van der Waals surface area contributed by atoms with Crippen LogP contribution in [0, 0.1) is 0 Å². The molecular formula is C9H7ClOS2. The van der Waals surface area contributed by atoms with E-state index in [-0.39, 0.29) is 6.61 Å². The van der Waals surface area contributed by atoms with Crippen LogP contribution < -0.4 is 0 Å². The average Bonchev–Trinajstić information content (AvgIpc) is 2.43. The van der Waals surface area contributed by atoms with Gasteiger partial charge in [-0.05, 0) is 5.56 Å². The second-order valence-electron chi connectivity index (χ2n) is 2.68. The van der Waals surface area contributed by atoms with Gasteiger partial charge in [-0.1, -0.05) is 29.8 Å². The minimum atomic E-state index is 0.0431. The minimum absolute atomic E-state index is 0.0431. The van der Waals surface area contributed by atoms with Crippen LogP contribution in [-0.2, 0) is 6.61 Å². The summed E-state index contributed by atoms with van der Waals surface area (Å²) in [5.74, 6) is 0. The Bertz CT molecular complexity index is 450. The van der Waals surface area contributed by atoms with Crippen LogP contribution >= 0.6 is 35.6 Å². The fourth-order valence-electron chi connectivity index (χ4n) is 1.26. The van der Waals surface area contributed by atoms with Crippen molar-refractivity contribution in [2.45, 2.75) is 11.5 Å². The van der Waals surface area contributed by atoms with E-state index in [0.29, 0.717) is 4.34 Å². The van der Waals surface area contributed by atoms with E-state index < -0.39 is 0 Å². The third-order valence-corrected chi connectivity index (χ3v) is 4.14. The summed E-state index contributed by atoms with van der Waals surface area (Å²) in [6.07, 6.45) is 0. The summed E-state index contributed by atoms with van der Waals surface area (Å²) < 4.78 is 1.71. The van der Waals surface area contributed by atoms with Crippen LogP contribution in [0.2, 0.25) is 4.34 Å². The zero-order valence-electron chi connectivity index (χ0n) is 6.62. The van der Waals surface area contributed by atoms with E-state index in [9.17, 15) is 0 Å². The first-order chi connectivity index (χ1) is 6.24. The molecule has 0 fully saturated rings. The molecule has 13 heavy (non-hydrogen) atoms. The SMILES string of the molecule is OCc1cccc2c(S)c(Cl)sc12. The first-order valence-corrected chi connectivity index (χ1v) is 5.38. The van der Waals surface area contributed by atoms with Crippen LogP contribution in [0.25, 0.3) is 10.1 Å². The second-order valence-corrected chi connectivity index (χ2v) is 4.75. The fraction of sp³-hybridized carbons (Fsp3) is 0.111. The Hall–Kier alpha value is -0.220. The number of hydrogen-bond donors (Lipinski definition) is 2. The molecule has 1 nitrogen and oxygen atoms in total. The summed E-state index contributed by atoms with van der Waals surface area (Å²) in [7, 11) is 0. The van der Waals surface area contributed by atoms with E-state index in [2.05, 4.69) is 12.6 Å². The lowest BCUT2D eigenvalue weighted by molar-refractivity contribution is 0.283. The molecule has 0 aliphatic heterocycles. The van der Waals surface area contributed by atoms with Crippen LogP contribution in [0.5, 0.6) is 0 Å². The maximum atomic E-state index is 9.07. The van der Waals surface area contributed by atoms with Crippen molar-refractivity contribution in [3.8, 4) is 0 Å². The highest BCUT2D eigenvalue weighted by Gasteiger charge is 2.09. The molecule has 0 aliphatic carbocycles. The summed E-state index contributed by atoms with van der Waals surface area (Å²) in [4.78, 5) is 0.803. The van der Waals surface area contributed by atoms with Crippen molar-refractivity contribution in [2.75, 3.05) is 0 Å². The van der Waals surface area contributed by atoms with Gasteiger partial charge in [0.2, 0.25) is 0 Å². The normalized spacial score (nSPS) is 11.0. The van der Waals surface area contributed by atoms with Crippen molar-refractivity contribution in [3.05, 3.63) is 28.1 Å².